The molecular formula is C25H34O. The standard InChI is InChI=1S/C25H34O/c1-7-20-16-18(5)25(26,22-14-12-11-13-15-22)19(6)17-21(8-2)24(10-4)23(20)9-3/h11-15,26H,5-10,16-17H2,1-4H3/b23-20-,24-21-. The van der Waals surface area contributed by atoms with Crippen LogP contribution >= 0.6 is 0 Å². The van der Waals surface area contributed by atoms with Gasteiger partial charge in [0.2, 0.25) is 0 Å². The third-order valence-corrected chi connectivity index (χ3v) is 5.85. The van der Waals surface area contributed by atoms with Crippen molar-refractivity contribution in [2.45, 2.75) is 71.8 Å². The number of aliphatic hydroxyl groups is 1. The van der Waals surface area contributed by atoms with E-state index in [1.807, 2.05) is 30.3 Å². The molecule has 1 nitrogen and oxygen atoms in total. The number of allylic oxidation sites excluding steroid dienone is 4. The van der Waals surface area contributed by atoms with Crippen molar-refractivity contribution in [3.05, 3.63) is 82.5 Å². The van der Waals surface area contributed by atoms with Gasteiger partial charge in [0, 0.05) is 0 Å². The van der Waals surface area contributed by atoms with Crippen molar-refractivity contribution in [2.75, 3.05) is 0 Å². The van der Waals surface area contributed by atoms with Gasteiger partial charge in [-0.1, -0.05) is 82.3 Å². The first-order valence-electron chi connectivity index (χ1n) is 10.00. The van der Waals surface area contributed by atoms with E-state index < -0.39 is 5.60 Å². The Morgan fingerprint density at radius 2 is 1.19 bits per heavy atom. The Labute approximate surface area is 159 Å². The van der Waals surface area contributed by atoms with E-state index in [0.717, 1.165) is 55.2 Å². The summed E-state index contributed by atoms with van der Waals surface area (Å²) >= 11 is 0. The van der Waals surface area contributed by atoms with Gasteiger partial charge in [0.05, 0.1) is 0 Å². The van der Waals surface area contributed by atoms with Gasteiger partial charge in [-0.3, -0.25) is 0 Å². The molecule has 1 heteroatoms. The highest BCUT2D eigenvalue weighted by Crippen LogP contribution is 2.45. The second-order valence-electron chi connectivity index (χ2n) is 7.22. The zero-order chi connectivity index (χ0) is 19.3. The maximum Gasteiger partial charge on any atom is 0.132 e. The molecule has 0 heterocycles. The molecule has 0 saturated heterocycles. The lowest BCUT2D eigenvalue weighted by atomic mass is 9.76. The Kier molecular flexibility index (Phi) is 6.83. The summed E-state index contributed by atoms with van der Waals surface area (Å²) in [6.45, 7) is 17.6. The van der Waals surface area contributed by atoms with E-state index in [0.29, 0.717) is 0 Å². The van der Waals surface area contributed by atoms with Crippen molar-refractivity contribution in [3.8, 4) is 0 Å². The minimum Gasteiger partial charge on any atom is -0.377 e. The SMILES string of the molecule is C=C1C/C(CC)=C(CC)\C(CC)=C(\CC)CC(=C)C1(O)c1ccccc1. The number of rotatable bonds is 5. The molecule has 0 aromatic heterocycles. The Bertz CT molecular complexity index is 689. The predicted octanol–water partition coefficient (Wildman–Crippen LogP) is 7.01. The Hall–Kier alpha value is -1.86. The van der Waals surface area contributed by atoms with E-state index in [1.54, 1.807) is 0 Å². The van der Waals surface area contributed by atoms with Crippen LogP contribution in [-0.4, -0.2) is 5.11 Å². The monoisotopic (exact) mass is 350 g/mol. The molecule has 0 aliphatic heterocycles. The Balaban J connectivity index is 2.72. The Morgan fingerprint density at radius 3 is 1.54 bits per heavy atom. The van der Waals surface area contributed by atoms with Crippen LogP contribution < -0.4 is 0 Å². The molecular weight excluding hydrogens is 316 g/mol. The summed E-state index contributed by atoms with van der Waals surface area (Å²) in [7, 11) is 0. The van der Waals surface area contributed by atoms with E-state index in [1.165, 1.54) is 22.3 Å². The normalized spacial score (nSPS) is 24.2. The van der Waals surface area contributed by atoms with Gasteiger partial charge in [-0.15, -0.1) is 0 Å². The average Bonchev–Trinajstić information content (AvgIpc) is 2.70. The van der Waals surface area contributed by atoms with Crippen LogP contribution in [0.1, 0.15) is 71.8 Å². The summed E-state index contributed by atoms with van der Waals surface area (Å²) in [6.07, 6.45) is 5.48. The van der Waals surface area contributed by atoms with Crippen molar-refractivity contribution in [1.82, 2.24) is 0 Å². The lowest BCUT2D eigenvalue weighted by Gasteiger charge is -2.34. The highest BCUT2D eigenvalue weighted by Gasteiger charge is 2.37. The summed E-state index contributed by atoms with van der Waals surface area (Å²) < 4.78 is 0. The molecule has 0 unspecified atom stereocenters. The van der Waals surface area contributed by atoms with E-state index >= 15 is 0 Å². The first-order chi connectivity index (χ1) is 12.4. The average molecular weight is 351 g/mol. The van der Waals surface area contributed by atoms with Gasteiger partial charge in [-0.2, -0.15) is 0 Å². The minimum atomic E-state index is -1.18. The fourth-order valence-electron chi connectivity index (χ4n) is 4.35. The molecule has 0 saturated carbocycles. The number of benzene rings is 1. The van der Waals surface area contributed by atoms with Crippen molar-refractivity contribution < 1.29 is 5.11 Å². The van der Waals surface area contributed by atoms with Crippen LogP contribution in [0.2, 0.25) is 0 Å². The molecule has 0 radical (unpaired) electrons. The summed E-state index contributed by atoms with van der Waals surface area (Å²) in [4.78, 5) is 0. The van der Waals surface area contributed by atoms with E-state index in [-0.39, 0.29) is 0 Å². The quantitative estimate of drug-likeness (QED) is 0.566. The molecule has 0 spiro atoms. The highest BCUT2D eigenvalue weighted by atomic mass is 16.3. The van der Waals surface area contributed by atoms with Gasteiger partial charge < -0.3 is 5.11 Å². The molecule has 1 aromatic carbocycles. The predicted molar refractivity (Wildman–Crippen MR) is 113 cm³/mol. The molecule has 140 valence electrons. The van der Waals surface area contributed by atoms with Crippen LogP contribution in [0.25, 0.3) is 0 Å². The van der Waals surface area contributed by atoms with Crippen molar-refractivity contribution >= 4 is 0 Å². The van der Waals surface area contributed by atoms with Crippen LogP contribution in [0.15, 0.2) is 76.9 Å². The topological polar surface area (TPSA) is 20.2 Å². The third-order valence-electron chi connectivity index (χ3n) is 5.85. The molecule has 1 aromatic rings. The van der Waals surface area contributed by atoms with Crippen molar-refractivity contribution in [2.24, 2.45) is 0 Å². The second kappa shape index (κ2) is 8.68. The molecule has 0 bridgehead atoms. The fourth-order valence-corrected chi connectivity index (χ4v) is 4.35. The summed E-state index contributed by atoms with van der Waals surface area (Å²) in [5.41, 5.74) is 7.13. The molecule has 1 N–H and O–H groups in total. The minimum absolute atomic E-state index is 0.727. The van der Waals surface area contributed by atoms with Crippen LogP contribution in [0.5, 0.6) is 0 Å². The second-order valence-corrected chi connectivity index (χ2v) is 7.22. The van der Waals surface area contributed by atoms with Crippen molar-refractivity contribution in [1.29, 1.82) is 0 Å². The zero-order valence-electron chi connectivity index (χ0n) is 17.0. The summed E-state index contributed by atoms with van der Waals surface area (Å²) in [6, 6.07) is 9.90. The van der Waals surface area contributed by atoms with Gasteiger partial charge in [0.15, 0.2) is 0 Å². The lowest BCUT2D eigenvalue weighted by Crippen LogP contribution is -2.30. The van der Waals surface area contributed by atoms with Gasteiger partial charge in [-0.05, 0) is 66.4 Å². The third kappa shape index (κ3) is 3.64. The molecule has 26 heavy (non-hydrogen) atoms. The van der Waals surface area contributed by atoms with E-state index in [9.17, 15) is 5.11 Å². The van der Waals surface area contributed by atoms with Crippen LogP contribution in [-0.2, 0) is 5.60 Å². The number of hydrogen-bond donors (Lipinski definition) is 1. The van der Waals surface area contributed by atoms with Gasteiger partial charge in [0.25, 0.3) is 0 Å². The molecule has 0 amide bonds. The van der Waals surface area contributed by atoms with E-state index in [2.05, 4.69) is 40.9 Å². The number of hydrogen-bond acceptors (Lipinski definition) is 1. The molecule has 1 aliphatic rings. The summed E-state index contributed by atoms with van der Waals surface area (Å²) in [5, 5.41) is 11.8. The van der Waals surface area contributed by atoms with Crippen LogP contribution in [0.4, 0.5) is 0 Å². The van der Waals surface area contributed by atoms with E-state index in [4.69, 9.17) is 0 Å². The van der Waals surface area contributed by atoms with Gasteiger partial charge in [-0.25, -0.2) is 0 Å². The lowest BCUT2D eigenvalue weighted by molar-refractivity contribution is 0.112. The maximum absolute atomic E-state index is 11.8. The fraction of sp³-hybridized carbons (Fsp3) is 0.440. The van der Waals surface area contributed by atoms with Crippen LogP contribution in [0.3, 0.4) is 0 Å². The first kappa shape index (κ1) is 20.5. The van der Waals surface area contributed by atoms with Gasteiger partial charge >= 0.3 is 0 Å². The molecule has 0 fully saturated rings. The highest BCUT2D eigenvalue weighted by molar-refractivity contribution is 5.49. The molecule has 1 aliphatic carbocycles. The zero-order valence-corrected chi connectivity index (χ0v) is 17.0. The Morgan fingerprint density at radius 1 is 0.769 bits per heavy atom. The smallest absolute Gasteiger partial charge is 0.132 e. The van der Waals surface area contributed by atoms with Gasteiger partial charge in [0.1, 0.15) is 5.60 Å². The molecule has 0 atom stereocenters. The maximum atomic E-state index is 11.8. The van der Waals surface area contributed by atoms with Crippen LogP contribution in [0, 0.1) is 0 Å². The largest absolute Gasteiger partial charge is 0.377 e. The van der Waals surface area contributed by atoms with Crippen molar-refractivity contribution in [3.63, 3.8) is 0 Å². The summed E-state index contributed by atoms with van der Waals surface area (Å²) in [5.74, 6) is 0. The molecule has 2 rings (SSSR count). The first-order valence-corrected chi connectivity index (χ1v) is 10.00.